The van der Waals surface area contributed by atoms with Crippen LogP contribution in [0.1, 0.15) is 37.8 Å². The summed E-state index contributed by atoms with van der Waals surface area (Å²) in [5, 5.41) is 3.73. The van der Waals surface area contributed by atoms with Gasteiger partial charge in [-0.1, -0.05) is 18.0 Å². The van der Waals surface area contributed by atoms with Gasteiger partial charge in [0.1, 0.15) is 0 Å². The van der Waals surface area contributed by atoms with E-state index in [4.69, 9.17) is 16.3 Å². The first kappa shape index (κ1) is 12.7. The molecule has 1 heterocycles. The molecule has 0 aliphatic carbocycles. The minimum atomic E-state index is -0.373. The van der Waals surface area contributed by atoms with Crippen LogP contribution in [0.4, 0.5) is 4.39 Å². The van der Waals surface area contributed by atoms with Crippen LogP contribution in [0.15, 0.2) is 12.1 Å². The lowest BCUT2D eigenvalue weighted by molar-refractivity contribution is 0.320. The average Bonchev–Trinajstić information content (AvgIpc) is 2.35. The van der Waals surface area contributed by atoms with Gasteiger partial charge in [-0.05, 0) is 44.0 Å². The van der Waals surface area contributed by atoms with Gasteiger partial charge in [0.05, 0.1) is 11.6 Å². The molecule has 4 heteroatoms. The Morgan fingerprint density at radius 3 is 2.88 bits per heavy atom. The molecule has 0 unspecified atom stereocenters. The molecule has 1 N–H and O–H groups in total. The van der Waals surface area contributed by atoms with Crippen LogP contribution in [0.25, 0.3) is 0 Å². The zero-order chi connectivity index (χ0) is 12.3. The topological polar surface area (TPSA) is 21.3 Å². The molecular weight excluding hydrogens is 241 g/mol. The summed E-state index contributed by atoms with van der Waals surface area (Å²) < 4.78 is 19.0. The quantitative estimate of drug-likeness (QED) is 0.892. The molecule has 1 aliphatic heterocycles. The first-order valence-corrected chi connectivity index (χ1v) is 6.45. The van der Waals surface area contributed by atoms with Crippen molar-refractivity contribution >= 4 is 11.6 Å². The van der Waals surface area contributed by atoms with E-state index < -0.39 is 0 Å². The molecule has 0 spiro atoms. The highest BCUT2D eigenvalue weighted by atomic mass is 35.5. The van der Waals surface area contributed by atoms with Gasteiger partial charge >= 0.3 is 0 Å². The third-order valence-corrected chi connectivity index (χ3v) is 3.30. The highest BCUT2D eigenvalue weighted by Crippen LogP contribution is 2.33. The van der Waals surface area contributed by atoms with Crippen LogP contribution in [0.3, 0.4) is 0 Å². The van der Waals surface area contributed by atoms with Crippen LogP contribution < -0.4 is 10.1 Å². The van der Waals surface area contributed by atoms with Gasteiger partial charge in [0.25, 0.3) is 0 Å². The number of hydrogen-bond acceptors (Lipinski definition) is 2. The van der Waals surface area contributed by atoms with Crippen molar-refractivity contribution in [2.45, 2.75) is 32.2 Å². The number of benzene rings is 1. The minimum Gasteiger partial charge on any atom is -0.489 e. The number of rotatable bonds is 3. The molecule has 0 radical (unpaired) electrons. The first-order chi connectivity index (χ1) is 8.22. The molecule has 0 bridgehead atoms. The maximum Gasteiger partial charge on any atom is 0.173 e. The van der Waals surface area contributed by atoms with Crippen LogP contribution in [0.2, 0.25) is 5.02 Å². The molecule has 1 aromatic rings. The van der Waals surface area contributed by atoms with Crippen molar-refractivity contribution in [1.82, 2.24) is 5.32 Å². The predicted octanol–water partition coefficient (Wildman–Crippen LogP) is 3.69. The van der Waals surface area contributed by atoms with Crippen LogP contribution in [0.5, 0.6) is 5.75 Å². The number of halogens is 2. The zero-order valence-electron chi connectivity index (χ0n) is 9.93. The molecule has 0 saturated carbocycles. The second-order valence-electron chi connectivity index (χ2n) is 4.25. The Kier molecular flexibility index (Phi) is 4.24. The molecule has 1 saturated heterocycles. The van der Waals surface area contributed by atoms with Crippen molar-refractivity contribution < 1.29 is 9.13 Å². The smallest absolute Gasteiger partial charge is 0.173 e. The summed E-state index contributed by atoms with van der Waals surface area (Å²) in [7, 11) is 0. The molecule has 1 aliphatic rings. The maximum absolute atomic E-state index is 13.8. The van der Waals surface area contributed by atoms with Gasteiger partial charge < -0.3 is 10.1 Å². The fourth-order valence-electron chi connectivity index (χ4n) is 2.20. The standard InChI is InChI=1S/C13H17ClFNO/c1-2-17-13-10(14)7-9(8-11(13)15)12-5-3-4-6-16-12/h7-8,12,16H,2-6H2,1H3/t12-/m0/s1. The van der Waals surface area contributed by atoms with Crippen molar-refractivity contribution in [2.75, 3.05) is 13.2 Å². The Morgan fingerprint density at radius 1 is 1.47 bits per heavy atom. The summed E-state index contributed by atoms with van der Waals surface area (Å²) in [4.78, 5) is 0. The van der Waals surface area contributed by atoms with Crippen molar-refractivity contribution in [3.63, 3.8) is 0 Å². The molecule has 0 aromatic heterocycles. The van der Waals surface area contributed by atoms with Crippen molar-refractivity contribution in [3.8, 4) is 5.75 Å². The summed E-state index contributed by atoms with van der Waals surface area (Å²) in [5.74, 6) is -0.213. The molecule has 0 amide bonds. The summed E-state index contributed by atoms with van der Waals surface area (Å²) in [6.07, 6.45) is 3.39. The number of piperidine rings is 1. The fraction of sp³-hybridized carbons (Fsp3) is 0.538. The molecule has 94 valence electrons. The van der Waals surface area contributed by atoms with Gasteiger partial charge in [0.2, 0.25) is 0 Å². The normalized spacial score (nSPS) is 20.3. The van der Waals surface area contributed by atoms with E-state index in [9.17, 15) is 4.39 Å². The van der Waals surface area contributed by atoms with Gasteiger partial charge in [-0.15, -0.1) is 0 Å². The van der Waals surface area contributed by atoms with Gasteiger partial charge in [-0.2, -0.15) is 0 Å². The van der Waals surface area contributed by atoms with E-state index in [0.717, 1.165) is 18.5 Å². The lowest BCUT2D eigenvalue weighted by Gasteiger charge is -2.24. The Labute approximate surface area is 106 Å². The van der Waals surface area contributed by atoms with Gasteiger partial charge in [0.15, 0.2) is 11.6 Å². The second-order valence-corrected chi connectivity index (χ2v) is 4.66. The highest BCUT2D eigenvalue weighted by molar-refractivity contribution is 6.32. The third-order valence-electron chi connectivity index (χ3n) is 3.02. The van der Waals surface area contributed by atoms with E-state index in [0.29, 0.717) is 11.6 Å². The van der Waals surface area contributed by atoms with Crippen molar-refractivity contribution in [2.24, 2.45) is 0 Å². The van der Waals surface area contributed by atoms with Gasteiger partial charge in [-0.25, -0.2) is 4.39 Å². The van der Waals surface area contributed by atoms with Crippen molar-refractivity contribution in [1.29, 1.82) is 0 Å². The average molecular weight is 258 g/mol. The van der Waals surface area contributed by atoms with Gasteiger partial charge in [0, 0.05) is 6.04 Å². The third kappa shape index (κ3) is 2.90. The summed E-state index contributed by atoms with van der Waals surface area (Å²) in [6.45, 7) is 3.21. The van der Waals surface area contributed by atoms with Crippen LogP contribution >= 0.6 is 11.6 Å². The van der Waals surface area contributed by atoms with E-state index in [1.807, 2.05) is 6.92 Å². The summed E-state index contributed by atoms with van der Waals surface area (Å²) in [6, 6.07) is 3.55. The largest absolute Gasteiger partial charge is 0.489 e. The Hall–Kier alpha value is -0.800. The van der Waals surface area contributed by atoms with E-state index in [2.05, 4.69) is 5.32 Å². The monoisotopic (exact) mass is 257 g/mol. The predicted molar refractivity (Wildman–Crippen MR) is 67.2 cm³/mol. The number of ether oxygens (including phenoxy) is 1. The highest BCUT2D eigenvalue weighted by Gasteiger charge is 2.18. The number of nitrogens with one attached hydrogen (secondary N) is 1. The van der Waals surface area contributed by atoms with Crippen LogP contribution in [0, 0.1) is 5.82 Å². The minimum absolute atomic E-state index is 0.161. The van der Waals surface area contributed by atoms with Crippen LogP contribution in [-0.4, -0.2) is 13.2 Å². The second kappa shape index (κ2) is 5.69. The number of hydrogen-bond donors (Lipinski definition) is 1. The molecule has 1 atom stereocenters. The fourth-order valence-corrected chi connectivity index (χ4v) is 2.47. The Balaban J connectivity index is 2.24. The molecular formula is C13H17ClFNO. The first-order valence-electron chi connectivity index (χ1n) is 6.07. The Bertz CT molecular complexity index is 368. The van der Waals surface area contributed by atoms with E-state index in [-0.39, 0.29) is 17.6 Å². The SMILES string of the molecule is CCOc1c(F)cc([C@@H]2CCCCN2)cc1Cl. The lowest BCUT2D eigenvalue weighted by Crippen LogP contribution is -2.26. The zero-order valence-corrected chi connectivity index (χ0v) is 10.7. The van der Waals surface area contributed by atoms with E-state index in [1.165, 1.54) is 18.9 Å². The summed E-state index contributed by atoms with van der Waals surface area (Å²) in [5.41, 5.74) is 0.913. The van der Waals surface area contributed by atoms with Crippen LogP contribution in [-0.2, 0) is 0 Å². The lowest BCUT2D eigenvalue weighted by atomic mass is 9.97. The molecule has 2 rings (SSSR count). The van der Waals surface area contributed by atoms with E-state index >= 15 is 0 Å². The van der Waals surface area contributed by atoms with E-state index in [1.54, 1.807) is 6.07 Å². The maximum atomic E-state index is 13.8. The van der Waals surface area contributed by atoms with Gasteiger partial charge in [-0.3, -0.25) is 0 Å². The molecule has 1 fully saturated rings. The van der Waals surface area contributed by atoms with Crippen molar-refractivity contribution in [3.05, 3.63) is 28.5 Å². The Morgan fingerprint density at radius 2 is 2.29 bits per heavy atom. The summed E-state index contributed by atoms with van der Waals surface area (Å²) >= 11 is 6.04. The molecule has 1 aromatic carbocycles. The molecule has 17 heavy (non-hydrogen) atoms. The molecule has 2 nitrogen and oxygen atoms in total.